The normalized spacial score (nSPS) is 18.2. The van der Waals surface area contributed by atoms with Crippen molar-refractivity contribution in [1.29, 1.82) is 0 Å². The van der Waals surface area contributed by atoms with Crippen LogP contribution >= 0.6 is 0 Å². The minimum Gasteiger partial charge on any atom is -0.465 e. The van der Waals surface area contributed by atoms with Gasteiger partial charge in [-0.25, -0.2) is 9.59 Å². The van der Waals surface area contributed by atoms with E-state index in [-0.39, 0.29) is 25.1 Å². The molecule has 8 heteroatoms. The van der Waals surface area contributed by atoms with E-state index < -0.39 is 23.7 Å². The first-order valence-corrected chi connectivity index (χ1v) is 9.18. The first-order chi connectivity index (χ1) is 13.1. The van der Waals surface area contributed by atoms with Gasteiger partial charge >= 0.3 is 12.1 Å². The molecule has 1 fully saturated rings. The second-order valence-electron chi connectivity index (χ2n) is 7.61. The maximum atomic E-state index is 12.8. The van der Waals surface area contributed by atoms with Crippen LogP contribution in [0.1, 0.15) is 49.7 Å². The summed E-state index contributed by atoms with van der Waals surface area (Å²) in [5, 5.41) is 2.89. The van der Waals surface area contributed by atoms with Crippen LogP contribution in [-0.4, -0.2) is 61.4 Å². The number of carbonyl (C=O) groups excluding carboxylic acids is 3. The number of carbonyl (C=O) groups is 3. The predicted molar refractivity (Wildman–Crippen MR) is 102 cm³/mol. The summed E-state index contributed by atoms with van der Waals surface area (Å²) in [7, 11) is 1.32. The molecule has 8 nitrogen and oxygen atoms in total. The van der Waals surface area contributed by atoms with Crippen molar-refractivity contribution in [2.75, 3.05) is 26.9 Å². The Labute approximate surface area is 165 Å². The van der Waals surface area contributed by atoms with E-state index in [0.29, 0.717) is 12.2 Å². The summed E-state index contributed by atoms with van der Waals surface area (Å²) in [5.41, 5.74) is 0.605. The number of morpholine rings is 1. The number of amides is 2. The number of ether oxygens (including phenoxy) is 3. The zero-order chi connectivity index (χ0) is 20.9. The van der Waals surface area contributed by atoms with E-state index in [2.05, 4.69) is 10.1 Å². The van der Waals surface area contributed by atoms with E-state index in [9.17, 15) is 14.4 Å². The van der Waals surface area contributed by atoms with Crippen molar-refractivity contribution in [2.24, 2.45) is 0 Å². The molecule has 0 radical (unpaired) electrons. The van der Waals surface area contributed by atoms with Gasteiger partial charge in [0.15, 0.2) is 0 Å². The summed E-state index contributed by atoms with van der Waals surface area (Å²) < 4.78 is 15.5. The molecule has 1 aromatic rings. The van der Waals surface area contributed by atoms with Gasteiger partial charge in [-0.15, -0.1) is 0 Å². The highest BCUT2D eigenvalue weighted by atomic mass is 16.6. The van der Waals surface area contributed by atoms with Gasteiger partial charge in [-0.05, 0) is 45.4 Å². The number of nitrogens with one attached hydrogen (secondary N) is 1. The Morgan fingerprint density at radius 2 is 1.86 bits per heavy atom. The summed E-state index contributed by atoms with van der Waals surface area (Å²) >= 11 is 0. The molecule has 154 valence electrons. The molecule has 0 saturated carbocycles. The Bertz CT molecular complexity index is 710. The Morgan fingerprint density at radius 3 is 2.43 bits per heavy atom. The summed E-state index contributed by atoms with van der Waals surface area (Å²) in [6, 6.07) is 5.70. The second-order valence-corrected chi connectivity index (χ2v) is 7.61. The lowest BCUT2D eigenvalue weighted by Gasteiger charge is -2.36. The third kappa shape index (κ3) is 5.69. The largest absolute Gasteiger partial charge is 0.465 e. The SMILES string of the molecule is COC(=O)c1ccc([C@H](C)NC(=O)[C@H]2COCCN2C(=O)OC(C)(C)C)cc1. The summed E-state index contributed by atoms with van der Waals surface area (Å²) in [6.07, 6.45) is -0.536. The minimum absolute atomic E-state index is 0.110. The summed E-state index contributed by atoms with van der Waals surface area (Å²) in [4.78, 5) is 38.1. The molecular weight excluding hydrogens is 364 g/mol. The van der Waals surface area contributed by atoms with Gasteiger partial charge in [-0.1, -0.05) is 12.1 Å². The fourth-order valence-electron chi connectivity index (χ4n) is 2.78. The van der Waals surface area contributed by atoms with Crippen molar-refractivity contribution < 1.29 is 28.6 Å². The summed E-state index contributed by atoms with van der Waals surface area (Å²) in [5.74, 6) is -0.745. The van der Waals surface area contributed by atoms with Crippen LogP contribution in [0.3, 0.4) is 0 Å². The highest BCUT2D eigenvalue weighted by Gasteiger charge is 2.36. The number of hydrogen-bond acceptors (Lipinski definition) is 6. The van der Waals surface area contributed by atoms with Crippen molar-refractivity contribution in [1.82, 2.24) is 10.2 Å². The third-order valence-corrected chi connectivity index (χ3v) is 4.25. The first-order valence-electron chi connectivity index (χ1n) is 9.18. The average Bonchev–Trinajstić information content (AvgIpc) is 2.66. The molecule has 2 amide bonds. The van der Waals surface area contributed by atoms with Crippen LogP contribution in [0.5, 0.6) is 0 Å². The Balaban J connectivity index is 2.04. The minimum atomic E-state index is -0.764. The number of hydrogen-bond donors (Lipinski definition) is 1. The maximum Gasteiger partial charge on any atom is 0.411 e. The van der Waals surface area contributed by atoms with Crippen LogP contribution in [0.15, 0.2) is 24.3 Å². The average molecular weight is 392 g/mol. The topological polar surface area (TPSA) is 94.2 Å². The van der Waals surface area contributed by atoms with Crippen LogP contribution < -0.4 is 5.32 Å². The van der Waals surface area contributed by atoms with Crippen LogP contribution in [-0.2, 0) is 19.0 Å². The monoisotopic (exact) mass is 392 g/mol. The van der Waals surface area contributed by atoms with Gasteiger partial charge in [0.25, 0.3) is 0 Å². The number of nitrogens with zero attached hydrogens (tertiary/aromatic N) is 1. The Morgan fingerprint density at radius 1 is 1.21 bits per heavy atom. The molecule has 1 aromatic carbocycles. The van der Waals surface area contributed by atoms with Crippen LogP contribution in [0.4, 0.5) is 4.79 Å². The van der Waals surface area contributed by atoms with E-state index in [1.165, 1.54) is 12.0 Å². The van der Waals surface area contributed by atoms with E-state index in [1.807, 2.05) is 6.92 Å². The standard InChI is InChI=1S/C20H28N2O6/c1-13(14-6-8-15(9-7-14)18(24)26-5)21-17(23)16-12-27-11-10-22(16)19(25)28-20(2,3)4/h6-9,13,16H,10-12H2,1-5H3,(H,21,23)/t13-,16+/m0/s1. The lowest BCUT2D eigenvalue weighted by molar-refractivity contribution is -0.132. The molecule has 1 saturated heterocycles. The van der Waals surface area contributed by atoms with Crippen molar-refractivity contribution in [2.45, 2.75) is 45.4 Å². The third-order valence-electron chi connectivity index (χ3n) is 4.25. The van der Waals surface area contributed by atoms with Crippen molar-refractivity contribution in [3.8, 4) is 0 Å². The Kier molecular flexibility index (Phi) is 7.01. The molecule has 1 aliphatic heterocycles. The molecule has 2 rings (SSSR count). The van der Waals surface area contributed by atoms with Gasteiger partial charge < -0.3 is 19.5 Å². The van der Waals surface area contributed by atoms with E-state index in [0.717, 1.165) is 5.56 Å². The molecule has 0 aliphatic carbocycles. The zero-order valence-corrected chi connectivity index (χ0v) is 17.0. The van der Waals surface area contributed by atoms with E-state index >= 15 is 0 Å². The van der Waals surface area contributed by atoms with Crippen molar-refractivity contribution >= 4 is 18.0 Å². The number of benzene rings is 1. The van der Waals surface area contributed by atoms with Crippen molar-refractivity contribution in [3.63, 3.8) is 0 Å². The molecule has 0 bridgehead atoms. The lowest BCUT2D eigenvalue weighted by atomic mass is 10.1. The van der Waals surface area contributed by atoms with Gasteiger partial charge in [0, 0.05) is 6.54 Å². The quantitative estimate of drug-likeness (QED) is 0.790. The van der Waals surface area contributed by atoms with E-state index in [4.69, 9.17) is 9.47 Å². The molecule has 1 heterocycles. The van der Waals surface area contributed by atoms with Crippen molar-refractivity contribution in [3.05, 3.63) is 35.4 Å². The zero-order valence-electron chi connectivity index (χ0n) is 17.0. The molecule has 0 unspecified atom stereocenters. The fraction of sp³-hybridized carbons (Fsp3) is 0.550. The smallest absolute Gasteiger partial charge is 0.411 e. The van der Waals surface area contributed by atoms with Gasteiger partial charge in [0.05, 0.1) is 31.9 Å². The molecule has 28 heavy (non-hydrogen) atoms. The molecule has 0 aromatic heterocycles. The number of rotatable bonds is 4. The Hall–Kier alpha value is -2.61. The molecular formula is C20H28N2O6. The van der Waals surface area contributed by atoms with Gasteiger partial charge in [0.1, 0.15) is 11.6 Å². The van der Waals surface area contributed by atoms with Crippen LogP contribution in [0.25, 0.3) is 0 Å². The molecule has 1 aliphatic rings. The van der Waals surface area contributed by atoms with Gasteiger partial charge in [0.2, 0.25) is 5.91 Å². The van der Waals surface area contributed by atoms with Crippen LogP contribution in [0, 0.1) is 0 Å². The second kappa shape index (κ2) is 9.05. The first kappa shape index (κ1) is 21.7. The maximum absolute atomic E-state index is 12.8. The van der Waals surface area contributed by atoms with Crippen LogP contribution in [0.2, 0.25) is 0 Å². The highest BCUT2D eigenvalue weighted by Crippen LogP contribution is 2.18. The summed E-state index contributed by atoms with van der Waals surface area (Å²) in [6.45, 7) is 7.91. The molecule has 1 N–H and O–H groups in total. The highest BCUT2D eigenvalue weighted by molar-refractivity contribution is 5.89. The number of esters is 1. The van der Waals surface area contributed by atoms with Gasteiger partial charge in [-0.3, -0.25) is 9.69 Å². The number of methoxy groups -OCH3 is 1. The predicted octanol–water partition coefficient (Wildman–Crippen LogP) is 2.29. The van der Waals surface area contributed by atoms with Gasteiger partial charge in [-0.2, -0.15) is 0 Å². The van der Waals surface area contributed by atoms with E-state index in [1.54, 1.807) is 45.0 Å². The molecule has 0 spiro atoms. The molecule has 2 atom stereocenters. The lowest BCUT2D eigenvalue weighted by Crippen LogP contribution is -2.57. The fourth-order valence-corrected chi connectivity index (χ4v) is 2.78.